The van der Waals surface area contributed by atoms with Gasteiger partial charge in [0.25, 0.3) is 0 Å². The summed E-state index contributed by atoms with van der Waals surface area (Å²) in [5, 5.41) is 7.72. The topological polar surface area (TPSA) is 8.17 Å². The average Bonchev–Trinajstić information content (AvgIpc) is 3.70. The van der Waals surface area contributed by atoms with Crippen LogP contribution in [0.3, 0.4) is 0 Å². The minimum atomic E-state index is -0.138. The molecule has 0 spiro atoms. The molecule has 0 bridgehead atoms. The van der Waals surface area contributed by atoms with Gasteiger partial charge in [-0.25, -0.2) is 0 Å². The summed E-state index contributed by atoms with van der Waals surface area (Å²) >= 11 is 0. The van der Waals surface area contributed by atoms with E-state index in [-0.39, 0.29) is 5.41 Å². The van der Waals surface area contributed by atoms with Crippen LogP contribution in [-0.2, 0) is 5.41 Å². The molecule has 0 N–H and O–H groups in total. The number of hydrogen-bond acceptors (Lipinski definition) is 1. The van der Waals surface area contributed by atoms with Gasteiger partial charge in [-0.3, -0.25) is 0 Å². The van der Waals surface area contributed by atoms with Crippen LogP contribution in [0.25, 0.3) is 71.3 Å². The zero-order valence-electron chi connectivity index (χ0n) is 30.9. The Morgan fingerprint density at radius 2 is 1.00 bits per heavy atom. The van der Waals surface area contributed by atoms with Gasteiger partial charge in [0.15, 0.2) is 0 Å². The van der Waals surface area contributed by atoms with E-state index in [4.69, 9.17) is 0 Å². The molecule has 260 valence electrons. The Kier molecular flexibility index (Phi) is 6.93. The molecule has 55 heavy (non-hydrogen) atoms. The van der Waals surface area contributed by atoms with Gasteiger partial charge in [0.1, 0.15) is 0 Å². The van der Waals surface area contributed by atoms with Crippen molar-refractivity contribution < 1.29 is 0 Å². The second-order valence-corrected chi connectivity index (χ2v) is 15.4. The maximum Gasteiger partial charge on any atom is 0.0547 e. The van der Waals surface area contributed by atoms with Gasteiger partial charge in [-0.15, -0.1) is 0 Å². The quantitative estimate of drug-likeness (QED) is 0.173. The van der Waals surface area contributed by atoms with Crippen LogP contribution in [0.1, 0.15) is 25.0 Å². The summed E-state index contributed by atoms with van der Waals surface area (Å²) in [5.74, 6) is 0. The molecule has 0 atom stereocenters. The standard InChI is InChI=1S/C53H38N2/c1-53(2)48-34-42(28-30-45(48)46-29-23-37-14-10-12-20-44(37)52(46)53)54(39-15-5-3-6-16-39)41-26-21-35(22-27-41)38-25-31-49-47(33-38)51-43-19-11-9-13-36(43)24-32-50(51)55(49)40-17-7-4-8-18-40/h3-34H,1-2H3. The molecule has 0 unspecified atom stereocenters. The Bertz CT molecular complexity index is 3100. The Morgan fingerprint density at radius 3 is 1.78 bits per heavy atom. The summed E-state index contributed by atoms with van der Waals surface area (Å²) in [6.45, 7) is 4.76. The lowest BCUT2D eigenvalue weighted by atomic mass is 9.80. The van der Waals surface area contributed by atoms with E-state index in [1.165, 1.54) is 82.4 Å². The molecular formula is C53H38N2. The summed E-state index contributed by atoms with van der Waals surface area (Å²) in [4.78, 5) is 2.39. The first kappa shape index (κ1) is 31.6. The van der Waals surface area contributed by atoms with E-state index in [2.05, 4.69) is 217 Å². The molecule has 11 rings (SSSR count). The molecule has 2 nitrogen and oxygen atoms in total. The van der Waals surface area contributed by atoms with Crippen molar-refractivity contribution in [3.63, 3.8) is 0 Å². The van der Waals surface area contributed by atoms with Crippen LogP contribution in [0.2, 0.25) is 0 Å². The minimum Gasteiger partial charge on any atom is -0.310 e. The fourth-order valence-electron chi connectivity index (χ4n) is 9.38. The first-order valence-electron chi connectivity index (χ1n) is 19.2. The van der Waals surface area contributed by atoms with E-state index in [9.17, 15) is 0 Å². The van der Waals surface area contributed by atoms with Crippen molar-refractivity contribution in [2.75, 3.05) is 4.90 Å². The average molecular weight is 703 g/mol. The van der Waals surface area contributed by atoms with Gasteiger partial charge in [0.05, 0.1) is 11.0 Å². The number of nitrogens with zero attached hydrogens (tertiary/aromatic N) is 2. The maximum absolute atomic E-state index is 2.42. The molecule has 1 aromatic heterocycles. The Balaban J connectivity index is 1.03. The van der Waals surface area contributed by atoms with Crippen LogP contribution < -0.4 is 4.90 Å². The predicted molar refractivity (Wildman–Crippen MR) is 233 cm³/mol. The number of rotatable bonds is 5. The van der Waals surface area contributed by atoms with Crippen molar-refractivity contribution in [2.45, 2.75) is 19.3 Å². The van der Waals surface area contributed by atoms with Gasteiger partial charge in [-0.2, -0.15) is 0 Å². The number of para-hydroxylation sites is 2. The summed E-state index contributed by atoms with van der Waals surface area (Å²) < 4.78 is 2.40. The fourth-order valence-corrected chi connectivity index (χ4v) is 9.38. The molecular weight excluding hydrogens is 665 g/mol. The van der Waals surface area contributed by atoms with E-state index in [0.717, 1.165) is 17.1 Å². The second-order valence-electron chi connectivity index (χ2n) is 15.4. The molecule has 10 aromatic rings. The van der Waals surface area contributed by atoms with Gasteiger partial charge < -0.3 is 9.47 Å². The minimum absolute atomic E-state index is 0.138. The zero-order chi connectivity index (χ0) is 36.7. The molecule has 0 radical (unpaired) electrons. The summed E-state index contributed by atoms with van der Waals surface area (Å²) in [7, 11) is 0. The summed E-state index contributed by atoms with van der Waals surface area (Å²) in [5.41, 5.74) is 14.7. The third kappa shape index (κ3) is 4.81. The van der Waals surface area contributed by atoms with Crippen LogP contribution >= 0.6 is 0 Å². The van der Waals surface area contributed by atoms with E-state index >= 15 is 0 Å². The normalized spacial score (nSPS) is 13.1. The van der Waals surface area contributed by atoms with Crippen molar-refractivity contribution in [2.24, 2.45) is 0 Å². The third-order valence-electron chi connectivity index (χ3n) is 11.9. The summed E-state index contributed by atoms with van der Waals surface area (Å²) in [6, 6.07) is 71.2. The van der Waals surface area contributed by atoms with Crippen LogP contribution in [0.4, 0.5) is 17.1 Å². The van der Waals surface area contributed by atoms with Crippen molar-refractivity contribution in [3.8, 4) is 27.9 Å². The van der Waals surface area contributed by atoms with Crippen molar-refractivity contribution in [3.05, 3.63) is 205 Å². The highest BCUT2D eigenvalue weighted by molar-refractivity contribution is 6.22. The van der Waals surface area contributed by atoms with E-state index in [1.807, 2.05) is 0 Å². The molecule has 0 saturated heterocycles. The molecule has 1 aliphatic rings. The predicted octanol–water partition coefficient (Wildman–Crippen LogP) is 14.5. The molecule has 0 saturated carbocycles. The number of anilines is 3. The molecule has 2 heteroatoms. The smallest absolute Gasteiger partial charge is 0.0547 e. The lowest BCUT2D eigenvalue weighted by molar-refractivity contribution is 0.666. The molecule has 1 aliphatic carbocycles. The van der Waals surface area contributed by atoms with Crippen LogP contribution in [-0.4, -0.2) is 4.57 Å². The van der Waals surface area contributed by atoms with Crippen molar-refractivity contribution >= 4 is 60.4 Å². The van der Waals surface area contributed by atoms with Crippen molar-refractivity contribution in [1.29, 1.82) is 0 Å². The highest BCUT2D eigenvalue weighted by Gasteiger charge is 2.37. The lowest BCUT2D eigenvalue weighted by Crippen LogP contribution is -2.17. The van der Waals surface area contributed by atoms with Gasteiger partial charge in [0.2, 0.25) is 0 Å². The Labute approximate surface area is 321 Å². The number of hydrogen-bond donors (Lipinski definition) is 0. The molecule has 0 fully saturated rings. The SMILES string of the molecule is CC1(C)c2cc(N(c3ccccc3)c3ccc(-c4ccc5c(c4)c4c6ccccc6ccc4n5-c4ccccc4)cc3)ccc2-c2ccc3ccccc3c21. The first-order chi connectivity index (χ1) is 27.0. The summed E-state index contributed by atoms with van der Waals surface area (Å²) in [6.07, 6.45) is 0. The van der Waals surface area contributed by atoms with Gasteiger partial charge >= 0.3 is 0 Å². The van der Waals surface area contributed by atoms with Crippen LogP contribution in [0.15, 0.2) is 194 Å². The van der Waals surface area contributed by atoms with E-state index < -0.39 is 0 Å². The van der Waals surface area contributed by atoms with E-state index in [0.29, 0.717) is 0 Å². The third-order valence-corrected chi connectivity index (χ3v) is 11.9. The molecule has 0 aliphatic heterocycles. The number of aromatic nitrogens is 1. The lowest BCUT2D eigenvalue weighted by Gasteiger charge is -2.28. The number of fused-ring (bicyclic) bond motifs is 10. The highest BCUT2D eigenvalue weighted by Crippen LogP contribution is 2.53. The van der Waals surface area contributed by atoms with Gasteiger partial charge in [-0.05, 0) is 122 Å². The fraction of sp³-hybridized carbons (Fsp3) is 0.0566. The Morgan fingerprint density at radius 1 is 0.418 bits per heavy atom. The molecule has 9 aromatic carbocycles. The van der Waals surface area contributed by atoms with E-state index in [1.54, 1.807) is 0 Å². The first-order valence-corrected chi connectivity index (χ1v) is 19.2. The Hall–Kier alpha value is -6.90. The molecule has 1 heterocycles. The zero-order valence-corrected chi connectivity index (χ0v) is 30.9. The van der Waals surface area contributed by atoms with Gasteiger partial charge in [-0.1, -0.05) is 141 Å². The maximum atomic E-state index is 2.42. The monoisotopic (exact) mass is 702 g/mol. The second kappa shape index (κ2) is 12.1. The largest absolute Gasteiger partial charge is 0.310 e. The van der Waals surface area contributed by atoms with Crippen molar-refractivity contribution in [1.82, 2.24) is 4.57 Å². The highest BCUT2D eigenvalue weighted by atomic mass is 15.1. The van der Waals surface area contributed by atoms with Crippen LogP contribution in [0, 0.1) is 0 Å². The van der Waals surface area contributed by atoms with Crippen LogP contribution in [0.5, 0.6) is 0 Å². The number of benzene rings is 9. The van der Waals surface area contributed by atoms with Gasteiger partial charge in [0, 0.05) is 38.9 Å². The molecule has 0 amide bonds.